The molecule has 0 radical (unpaired) electrons. The third-order valence-corrected chi connectivity index (χ3v) is 5.69. The summed E-state index contributed by atoms with van der Waals surface area (Å²) < 4.78 is 0. The smallest absolute Gasteiger partial charge is 0.259 e. The summed E-state index contributed by atoms with van der Waals surface area (Å²) in [6, 6.07) is 7.79. The van der Waals surface area contributed by atoms with Crippen LogP contribution in [0, 0.1) is 13.8 Å². The number of nitrogens with one attached hydrogen (secondary N) is 2. The molecule has 0 saturated heterocycles. The fourth-order valence-electron chi connectivity index (χ4n) is 2.78. The van der Waals surface area contributed by atoms with Gasteiger partial charge in [-0.1, -0.05) is 23.7 Å². The van der Waals surface area contributed by atoms with Crippen molar-refractivity contribution in [1.82, 2.24) is 15.3 Å². The Balaban J connectivity index is 1.87. The molecule has 2 N–H and O–H groups in total. The predicted molar refractivity (Wildman–Crippen MR) is 101 cm³/mol. The van der Waals surface area contributed by atoms with Gasteiger partial charge in [-0.05, 0) is 51.0 Å². The van der Waals surface area contributed by atoms with Crippen LogP contribution in [0.25, 0.3) is 10.2 Å². The molecule has 2 aromatic heterocycles. The highest BCUT2D eigenvalue weighted by atomic mass is 35.5. The zero-order chi connectivity index (χ0) is 17.4. The van der Waals surface area contributed by atoms with E-state index in [2.05, 4.69) is 22.2 Å². The Morgan fingerprint density at radius 3 is 2.50 bits per heavy atom. The molecule has 3 rings (SSSR count). The fraction of sp³-hybridized carbons (Fsp3) is 0.333. The number of halogens is 1. The van der Waals surface area contributed by atoms with Gasteiger partial charge >= 0.3 is 0 Å². The Bertz CT molecular complexity index is 930. The van der Waals surface area contributed by atoms with Crippen LogP contribution in [-0.2, 0) is 0 Å². The van der Waals surface area contributed by atoms with Gasteiger partial charge in [-0.25, -0.2) is 4.98 Å². The second kappa shape index (κ2) is 6.67. The molecule has 0 aliphatic carbocycles. The van der Waals surface area contributed by atoms with E-state index in [1.54, 1.807) is 11.3 Å². The van der Waals surface area contributed by atoms with Crippen molar-refractivity contribution in [3.05, 3.63) is 61.5 Å². The minimum atomic E-state index is -0.0736. The summed E-state index contributed by atoms with van der Waals surface area (Å²) in [4.78, 5) is 21.9. The monoisotopic (exact) mass is 361 g/mol. The number of benzene rings is 1. The van der Waals surface area contributed by atoms with Crippen LogP contribution < -0.4 is 10.9 Å². The first kappa shape index (κ1) is 17.1. The number of hydrogen-bond acceptors (Lipinski definition) is 4. The Morgan fingerprint density at radius 2 is 1.83 bits per heavy atom. The topological polar surface area (TPSA) is 57.8 Å². The minimum absolute atomic E-state index is 0.0651. The molecule has 0 aliphatic rings. The van der Waals surface area contributed by atoms with E-state index in [1.807, 2.05) is 45.0 Å². The molecule has 0 aliphatic heterocycles. The third kappa shape index (κ3) is 3.24. The van der Waals surface area contributed by atoms with Crippen molar-refractivity contribution >= 4 is 33.2 Å². The molecule has 0 unspecified atom stereocenters. The summed E-state index contributed by atoms with van der Waals surface area (Å²) in [5.74, 6) is 0.662. The highest BCUT2D eigenvalue weighted by Gasteiger charge is 2.17. The number of rotatable bonds is 4. The molecule has 0 spiro atoms. The van der Waals surface area contributed by atoms with Gasteiger partial charge in [0, 0.05) is 15.9 Å². The Labute approximate surface area is 149 Å². The molecular weight excluding hydrogens is 342 g/mol. The number of hydrogen-bond donors (Lipinski definition) is 2. The van der Waals surface area contributed by atoms with Gasteiger partial charge < -0.3 is 10.3 Å². The zero-order valence-corrected chi connectivity index (χ0v) is 15.7. The lowest BCUT2D eigenvalue weighted by Crippen LogP contribution is -2.26. The first-order valence-corrected chi connectivity index (χ1v) is 9.07. The Kier molecular flexibility index (Phi) is 4.76. The summed E-state index contributed by atoms with van der Waals surface area (Å²) >= 11 is 7.50. The summed E-state index contributed by atoms with van der Waals surface area (Å²) in [6.07, 6.45) is 0. The molecule has 6 heteroatoms. The van der Waals surface area contributed by atoms with Gasteiger partial charge in [0.1, 0.15) is 10.7 Å². The van der Waals surface area contributed by atoms with Gasteiger partial charge in [0.25, 0.3) is 5.56 Å². The van der Waals surface area contributed by atoms with Gasteiger partial charge in [-0.15, -0.1) is 11.3 Å². The molecule has 0 amide bonds. The number of H-pyrrole nitrogens is 1. The van der Waals surface area contributed by atoms with Crippen molar-refractivity contribution in [2.45, 2.75) is 39.8 Å². The summed E-state index contributed by atoms with van der Waals surface area (Å²) in [7, 11) is 0. The summed E-state index contributed by atoms with van der Waals surface area (Å²) in [5, 5.41) is 4.90. The van der Waals surface area contributed by atoms with Crippen molar-refractivity contribution in [2.75, 3.05) is 0 Å². The summed E-state index contributed by atoms with van der Waals surface area (Å²) in [6.45, 7) is 8.07. The molecule has 0 saturated carbocycles. The van der Waals surface area contributed by atoms with Gasteiger partial charge in [-0.2, -0.15) is 0 Å². The number of aromatic nitrogens is 2. The minimum Gasteiger partial charge on any atom is -0.309 e. The van der Waals surface area contributed by atoms with Crippen molar-refractivity contribution in [3.8, 4) is 0 Å². The fourth-order valence-corrected chi connectivity index (χ4v) is 3.94. The van der Waals surface area contributed by atoms with E-state index in [4.69, 9.17) is 11.6 Å². The Hall–Kier alpha value is -1.69. The van der Waals surface area contributed by atoms with E-state index in [0.717, 1.165) is 25.9 Å². The molecule has 24 heavy (non-hydrogen) atoms. The highest BCUT2D eigenvalue weighted by Crippen LogP contribution is 2.27. The van der Waals surface area contributed by atoms with Gasteiger partial charge in [-0.3, -0.25) is 4.79 Å². The second-order valence-corrected chi connectivity index (χ2v) is 7.72. The van der Waals surface area contributed by atoms with E-state index in [1.165, 1.54) is 0 Å². The second-order valence-electron chi connectivity index (χ2n) is 6.08. The maximum absolute atomic E-state index is 12.4. The van der Waals surface area contributed by atoms with Crippen LogP contribution in [0.4, 0.5) is 0 Å². The van der Waals surface area contributed by atoms with Crippen LogP contribution in [0.2, 0.25) is 5.02 Å². The number of aryl methyl sites for hydroxylation is 2. The maximum atomic E-state index is 12.4. The molecule has 126 valence electrons. The molecule has 4 nitrogen and oxygen atoms in total. The first-order chi connectivity index (χ1) is 11.4. The Morgan fingerprint density at radius 1 is 1.17 bits per heavy atom. The molecule has 1 aromatic carbocycles. The molecule has 3 aromatic rings. The number of fused-ring (bicyclic) bond motifs is 1. The molecular formula is C18H20ClN3OS. The summed E-state index contributed by atoms with van der Waals surface area (Å²) in [5.41, 5.74) is 2.09. The van der Waals surface area contributed by atoms with Crippen LogP contribution in [0.1, 0.15) is 47.8 Å². The van der Waals surface area contributed by atoms with Gasteiger partial charge in [0.2, 0.25) is 0 Å². The van der Waals surface area contributed by atoms with Crippen molar-refractivity contribution in [2.24, 2.45) is 0 Å². The zero-order valence-electron chi connectivity index (χ0n) is 14.1. The average Bonchev–Trinajstić information content (AvgIpc) is 2.82. The van der Waals surface area contributed by atoms with Crippen LogP contribution >= 0.6 is 22.9 Å². The van der Waals surface area contributed by atoms with Crippen LogP contribution in [0.15, 0.2) is 29.1 Å². The highest BCUT2D eigenvalue weighted by molar-refractivity contribution is 7.18. The lowest BCUT2D eigenvalue weighted by Gasteiger charge is -2.20. The first-order valence-electron chi connectivity index (χ1n) is 7.88. The van der Waals surface area contributed by atoms with E-state index in [-0.39, 0.29) is 17.6 Å². The van der Waals surface area contributed by atoms with E-state index in [9.17, 15) is 4.79 Å². The molecule has 0 bridgehead atoms. The van der Waals surface area contributed by atoms with Crippen LogP contribution in [0.3, 0.4) is 0 Å². The average molecular weight is 362 g/mol. The van der Waals surface area contributed by atoms with E-state index >= 15 is 0 Å². The lowest BCUT2D eigenvalue weighted by molar-refractivity contribution is 0.477. The largest absolute Gasteiger partial charge is 0.309 e. The van der Waals surface area contributed by atoms with Crippen LogP contribution in [0.5, 0.6) is 0 Å². The van der Waals surface area contributed by atoms with Crippen molar-refractivity contribution < 1.29 is 0 Å². The molecule has 0 fully saturated rings. The van der Waals surface area contributed by atoms with E-state index in [0.29, 0.717) is 11.2 Å². The van der Waals surface area contributed by atoms with E-state index < -0.39 is 0 Å². The lowest BCUT2D eigenvalue weighted by atomic mass is 10.1. The van der Waals surface area contributed by atoms with Gasteiger partial charge in [0.15, 0.2) is 0 Å². The maximum Gasteiger partial charge on any atom is 0.259 e. The number of nitrogens with zero attached hydrogens (tertiary/aromatic N) is 1. The standard InChI is InChI=1S/C18H20ClN3OS/c1-9-12(4)24-18-15(9)17(23)21-16(22-18)11(3)20-10(2)13-5-7-14(19)8-6-13/h5-8,10-11,20H,1-4H3,(H,21,22,23)/t10-,11-/m0/s1. The molecule has 2 heterocycles. The normalized spacial score (nSPS) is 14.0. The van der Waals surface area contributed by atoms with Crippen molar-refractivity contribution in [3.63, 3.8) is 0 Å². The predicted octanol–water partition coefficient (Wildman–Crippen LogP) is 4.67. The number of aromatic amines is 1. The van der Waals surface area contributed by atoms with Crippen molar-refractivity contribution in [1.29, 1.82) is 0 Å². The van der Waals surface area contributed by atoms with Crippen LogP contribution in [-0.4, -0.2) is 9.97 Å². The van der Waals surface area contributed by atoms with Gasteiger partial charge in [0.05, 0.1) is 11.4 Å². The molecule has 2 atom stereocenters. The number of thiophene rings is 1. The SMILES string of the molecule is Cc1sc2nc([C@H](C)N[C@@H](C)c3ccc(Cl)cc3)[nH]c(=O)c2c1C. The third-order valence-electron chi connectivity index (χ3n) is 4.34. The quantitative estimate of drug-likeness (QED) is 0.710.